The zero-order valence-corrected chi connectivity index (χ0v) is 7.84. The Kier molecular flexibility index (Phi) is 4.03. The molecule has 0 aliphatic heterocycles. The maximum absolute atomic E-state index is 12.2. The second kappa shape index (κ2) is 4.17. The highest BCUT2D eigenvalue weighted by Gasteiger charge is 2.36. The first-order valence-electron chi connectivity index (χ1n) is 3.10. The Morgan fingerprint density at radius 3 is 2.08 bits per heavy atom. The molecule has 0 radical (unpaired) electrons. The molecule has 1 aromatic rings. The van der Waals surface area contributed by atoms with Gasteiger partial charge in [-0.15, -0.1) is 0 Å². The van der Waals surface area contributed by atoms with Crippen molar-refractivity contribution in [1.29, 1.82) is 0 Å². The minimum atomic E-state index is -4.42. The molecule has 0 amide bonds. The van der Waals surface area contributed by atoms with E-state index in [0.717, 1.165) is 0 Å². The van der Waals surface area contributed by atoms with Gasteiger partial charge in [0.1, 0.15) is 11.3 Å². The quantitative estimate of drug-likeness (QED) is 0.608. The summed E-state index contributed by atoms with van der Waals surface area (Å²) in [5.74, 6) is 0. The third-order valence-corrected chi connectivity index (χ3v) is 1.70. The molecule has 0 unspecified atom stereocenters. The molecule has 74 valence electrons. The van der Waals surface area contributed by atoms with Crippen molar-refractivity contribution in [2.75, 3.05) is 0 Å². The Labute approximate surface area is 84.1 Å². The van der Waals surface area contributed by atoms with Gasteiger partial charge >= 0.3 is 6.18 Å². The van der Waals surface area contributed by atoms with Crippen LogP contribution in [0.5, 0.6) is 0 Å². The van der Waals surface area contributed by atoms with Crippen LogP contribution in [0.2, 0.25) is 5.02 Å². The second-order valence-electron chi connectivity index (χ2n) is 2.27. The van der Waals surface area contributed by atoms with E-state index in [1.807, 2.05) is 0 Å². The largest absolute Gasteiger partial charge is 1.00 e. The van der Waals surface area contributed by atoms with E-state index >= 15 is 0 Å². The molecule has 3 N–H and O–H groups in total. The van der Waals surface area contributed by atoms with Gasteiger partial charge in [0.2, 0.25) is 0 Å². The molecule has 0 aliphatic rings. The average molecular weight is 232 g/mol. The first-order chi connectivity index (χ1) is 5.43. The fourth-order valence-corrected chi connectivity index (χ4v) is 1.19. The molecule has 0 bridgehead atoms. The average Bonchev–Trinajstić information content (AvgIpc) is 1.82. The van der Waals surface area contributed by atoms with E-state index in [1.165, 1.54) is 18.2 Å². The van der Waals surface area contributed by atoms with Crippen molar-refractivity contribution >= 4 is 17.3 Å². The summed E-state index contributed by atoms with van der Waals surface area (Å²) in [4.78, 5) is 0. The molecule has 6 heteroatoms. The maximum atomic E-state index is 12.2. The van der Waals surface area contributed by atoms with E-state index in [2.05, 4.69) is 5.73 Å². The smallest absolute Gasteiger partial charge is 0.423 e. The highest BCUT2D eigenvalue weighted by Crippen LogP contribution is 2.37. The Morgan fingerprint density at radius 1 is 1.23 bits per heavy atom. The third kappa shape index (κ3) is 2.76. The Hall–Kier alpha value is -0.450. The lowest BCUT2D eigenvalue weighted by molar-refractivity contribution is -0.262. The van der Waals surface area contributed by atoms with Crippen LogP contribution in [0.3, 0.4) is 0 Å². The number of hydrogen-bond acceptors (Lipinski definition) is 0. The molecule has 1 rings (SSSR count). The van der Waals surface area contributed by atoms with Gasteiger partial charge in [0.25, 0.3) is 0 Å². The molecule has 0 aromatic heterocycles. The van der Waals surface area contributed by atoms with E-state index in [-0.39, 0.29) is 23.1 Å². The summed E-state index contributed by atoms with van der Waals surface area (Å²) in [6.07, 6.45) is -4.42. The lowest BCUT2D eigenvalue weighted by Gasteiger charge is -2.08. The molecule has 0 spiro atoms. The van der Waals surface area contributed by atoms with Crippen LogP contribution in [0, 0.1) is 0 Å². The van der Waals surface area contributed by atoms with E-state index in [9.17, 15) is 13.2 Å². The number of hydrogen-bond donors (Lipinski definition) is 1. The number of benzene rings is 1. The third-order valence-electron chi connectivity index (χ3n) is 1.38. The molecule has 0 heterocycles. The SMILES string of the molecule is [Cl-].[NH3+]c1cccc(Cl)c1C(F)(F)F. The van der Waals surface area contributed by atoms with Crippen LogP contribution in [0.15, 0.2) is 18.2 Å². The van der Waals surface area contributed by atoms with E-state index in [0.29, 0.717) is 0 Å². The van der Waals surface area contributed by atoms with Gasteiger partial charge in [-0.05, 0) is 12.1 Å². The predicted octanol–water partition coefficient (Wildman–Crippen LogP) is -0.764. The summed E-state index contributed by atoms with van der Waals surface area (Å²) in [6, 6.07) is 3.90. The zero-order valence-electron chi connectivity index (χ0n) is 6.33. The topological polar surface area (TPSA) is 27.6 Å². The minimum absolute atomic E-state index is 0. The zero-order chi connectivity index (χ0) is 9.35. The van der Waals surface area contributed by atoms with Crippen molar-refractivity contribution in [3.63, 3.8) is 0 Å². The van der Waals surface area contributed by atoms with Crippen LogP contribution in [0.1, 0.15) is 5.56 Å². The molecular weight excluding hydrogens is 226 g/mol. The van der Waals surface area contributed by atoms with Gasteiger partial charge in [-0.25, -0.2) is 0 Å². The van der Waals surface area contributed by atoms with Crippen LogP contribution >= 0.6 is 11.6 Å². The Morgan fingerprint density at radius 2 is 1.77 bits per heavy atom. The maximum Gasteiger partial charge on any atom is 0.423 e. The van der Waals surface area contributed by atoms with E-state index < -0.39 is 11.7 Å². The van der Waals surface area contributed by atoms with Gasteiger partial charge in [0.05, 0.1) is 5.02 Å². The van der Waals surface area contributed by atoms with Crippen molar-refractivity contribution in [3.05, 3.63) is 28.8 Å². The highest BCUT2D eigenvalue weighted by molar-refractivity contribution is 6.31. The standard InChI is InChI=1S/C7H5ClF3N.ClH/c8-4-2-1-3-5(12)6(4)7(9,10)11;/h1-3H,12H2;1H. The fraction of sp³-hybridized carbons (Fsp3) is 0.143. The Bertz CT molecular complexity index is 278. The molecule has 0 aliphatic carbocycles. The number of halogens is 5. The van der Waals surface area contributed by atoms with Gasteiger partial charge in [0.15, 0.2) is 0 Å². The van der Waals surface area contributed by atoms with Crippen LogP contribution in [-0.4, -0.2) is 0 Å². The summed E-state index contributed by atoms with van der Waals surface area (Å²) in [7, 11) is 0. The summed E-state index contributed by atoms with van der Waals surface area (Å²) in [5.41, 5.74) is 2.29. The second-order valence-corrected chi connectivity index (χ2v) is 2.68. The van der Waals surface area contributed by atoms with Gasteiger partial charge in [-0.3, -0.25) is 0 Å². The summed E-state index contributed by atoms with van der Waals surface area (Å²) >= 11 is 5.35. The van der Waals surface area contributed by atoms with Crippen LogP contribution in [0.25, 0.3) is 0 Å². The minimum Gasteiger partial charge on any atom is -1.00 e. The molecule has 0 saturated heterocycles. The molecular formula is C7H6Cl2F3N. The first kappa shape index (κ1) is 12.6. The van der Waals surface area contributed by atoms with Crippen LogP contribution in [0.4, 0.5) is 18.9 Å². The van der Waals surface area contributed by atoms with Crippen molar-refractivity contribution in [3.8, 4) is 0 Å². The molecule has 0 atom stereocenters. The molecule has 1 nitrogen and oxygen atoms in total. The summed E-state index contributed by atoms with van der Waals surface area (Å²) in [6.45, 7) is 0. The van der Waals surface area contributed by atoms with Crippen molar-refractivity contribution in [2.45, 2.75) is 6.18 Å². The van der Waals surface area contributed by atoms with Gasteiger partial charge in [-0.1, -0.05) is 17.7 Å². The lowest BCUT2D eigenvalue weighted by Crippen LogP contribution is -3.00. The van der Waals surface area contributed by atoms with Crippen molar-refractivity contribution < 1.29 is 31.3 Å². The summed E-state index contributed by atoms with van der Waals surface area (Å²) < 4.78 is 36.6. The van der Waals surface area contributed by atoms with E-state index in [4.69, 9.17) is 11.6 Å². The van der Waals surface area contributed by atoms with Gasteiger partial charge in [0, 0.05) is 0 Å². The molecule has 13 heavy (non-hydrogen) atoms. The number of alkyl halides is 3. The fourth-order valence-electron chi connectivity index (χ4n) is 0.886. The monoisotopic (exact) mass is 231 g/mol. The Balaban J connectivity index is 0.00000144. The highest BCUT2D eigenvalue weighted by atomic mass is 35.5. The van der Waals surface area contributed by atoms with Crippen molar-refractivity contribution in [2.24, 2.45) is 0 Å². The van der Waals surface area contributed by atoms with Crippen molar-refractivity contribution in [1.82, 2.24) is 0 Å². The molecule has 1 aromatic carbocycles. The molecule has 0 saturated carbocycles. The predicted molar refractivity (Wildman–Crippen MR) is 39.0 cm³/mol. The van der Waals surface area contributed by atoms with Gasteiger partial charge < -0.3 is 18.1 Å². The van der Waals surface area contributed by atoms with Gasteiger partial charge in [-0.2, -0.15) is 13.2 Å². The number of quaternary nitrogens is 1. The lowest BCUT2D eigenvalue weighted by atomic mass is 10.2. The number of rotatable bonds is 0. The molecule has 0 fully saturated rings. The van der Waals surface area contributed by atoms with Crippen LogP contribution in [-0.2, 0) is 6.18 Å². The summed E-state index contributed by atoms with van der Waals surface area (Å²) in [5, 5.41) is -0.310. The first-order valence-corrected chi connectivity index (χ1v) is 3.48. The van der Waals surface area contributed by atoms with E-state index in [1.54, 1.807) is 0 Å². The normalized spacial score (nSPS) is 10.8. The van der Waals surface area contributed by atoms with Crippen LogP contribution < -0.4 is 18.1 Å².